The Morgan fingerprint density at radius 2 is 1.66 bits per heavy atom. The zero-order chi connectivity index (χ0) is 26.5. The van der Waals surface area contributed by atoms with Gasteiger partial charge in [-0.3, -0.25) is 14.7 Å². The van der Waals surface area contributed by atoms with E-state index in [0.717, 1.165) is 11.5 Å². The SMILES string of the molecule is CC(c1ccc(F)cc1F)N1CCN(C(=O)c2ccc(ONNOc3cccc4cccnc34)cc2)CC1. The van der Waals surface area contributed by atoms with Crippen molar-refractivity contribution in [2.24, 2.45) is 0 Å². The lowest BCUT2D eigenvalue weighted by molar-refractivity contribution is 0.0221. The first-order chi connectivity index (χ1) is 18.5. The number of nitrogens with zero attached hydrogens (tertiary/aromatic N) is 3. The molecular formula is C28H27F2N5O3. The van der Waals surface area contributed by atoms with E-state index in [1.807, 2.05) is 31.2 Å². The van der Waals surface area contributed by atoms with Crippen molar-refractivity contribution in [1.82, 2.24) is 26.0 Å². The molecule has 0 bridgehead atoms. The van der Waals surface area contributed by atoms with Gasteiger partial charge in [0.2, 0.25) is 0 Å². The van der Waals surface area contributed by atoms with Crippen molar-refractivity contribution in [3.63, 3.8) is 0 Å². The van der Waals surface area contributed by atoms with Gasteiger partial charge in [0.1, 0.15) is 22.9 Å². The van der Waals surface area contributed by atoms with Crippen LogP contribution in [0, 0.1) is 11.6 Å². The minimum Gasteiger partial charge on any atom is -0.391 e. The number of hydrogen-bond acceptors (Lipinski definition) is 7. The van der Waals surface area contributed by atoms with E-state index in [2.05, 4.69) is 21.1 Å². The Labute approximate surface area is 218 Å². The summed E-state index contributed by atoms with van der Waals surface area (Å²) in [6.45, 7) is 4.09. The second-order valence-electron chi connectivity index (χ2n) is 8.93. The van der Waals surface area contributed by atoms with Crippen molar-refractivity contribution in [2.75, 3.05) is 26.2 Å². The Balaban J connectivity index is 1.09. The third kappa shape index (κ3) is 5.72. The third-order valence-corrected chi connectivity index (χ3v) is 6.63. The van der Waals surface area contributed by atoms with Crippen LogP contribution in [-0.4, -0.2) is 46.9 Å². The van der Waals surface area contributed by atoms with Gasteiger partial charge < -0.3 is 14.6 Å². The van der Waals surface area contributed by atoms with Gasteiger partial charge in [-0.2, -0.15) is 0 Å². The van der Waals surface area contributed by atoms with E-state index in [0.29, 0.717) is 54.3 Å². The van der Waals surface area contributed by atoms with Gasteiger partial charge in [-0.15, -0.1) is 0 Å². The van der Waals surface area contributed by atoms with E-state index in [-0.39, 0.29) is 11.9 Å². The number of piperazine rings is 1. The first-order valence-corrected chi connectivity index (χ1v) is 12.3. The summed E-state index contributed by atoms with van der Waals surface area (Å²) in [6.07, 6.45) is 1.69. The highest BCUT2D eigenvalue weighted by Crippen LogP contribution is 2.25. The first kappa shape index (κ1) is 25.5. The molecule has 2 heterocycles. The number of halogens is 2. The van der Waals surface area contributed by atoms with Crippen molar-refractivity contribution in [2.45, 2.75) is 13.0 Å². The fraction of sp³-hybridized carbons (Fsp3) is 0.214. The molecule has 0 spiro atoms. The van der Waals surface area contributed by atoms with Crippen LogP contribution in [-0.2, 0) is 0 Å². The molecule has 10 heteroatoms. The van der Waals surface area contributed by atoms with Crippen LogP contribution in [0.25, 0.3) is 10.9 Å². The molecule has 5 rings (SSSR count). The van der Waals surface area contributed by atoms with E-state index in [4.69, 9.17) is 9.68 Å². The van der Waals surface area contributed by atoms with Crippen LogP contribution in [0.5, 0.6) is 11.5 Å². The normalized spacial score (nSPS) is 14.9. The molecule has 1 fully saturated rings. The summed E-state index contributed by atoms with van der Waals surface area (Å²) in [5.74, 6) is -0.218. The Morgan fingerprint density at radius 3 is 2.42 bits per heavy atom. The van der Waals surface area contributed by atoms with Gasteiger partial charge in [-0.1, -0.05) is 35.4 Å². The molecule has 3 aromatic carbocycles. The van der Waals surface area contributed by atoms with Gasteiger partial charge in [0.15, 0.2) is 5.75 Å². The largest absolute Gasteiger partial charge is 0.391 e. The summed E-state index contributed by atoms with van der Waals surface area (Å²) in [4.78, 5) is 32.1. The van der Waals surface area contributed by atoms with Gasteiger partial charge >= 0.3 is 0 Å². The average Bonchev–Trinajstić information content (AvgIpc) is 2.95. The van der Waals surface area contributed by atoms with Crippen LogP contribution < -0.4 is 20.9 Å². The highest BCUT2D eigenvalue weighted by atomic mass is 19.1. The topological polar surface area (TPSA) is 79.0 Å². The van der Waals surface area contributed by atoms with E-state index < -0.39 is 11.6 Å². The van der Waals surface area contributed by atoms with Crippen LogP contribution in [0.1, 0.15) is 28.9 Å². The van der Waals surface area contributed by atoms with Crippen molar-refractivity contribution in [3.05, 3.63) is 102 Å². The number of para-hydroxylation sites is 1. The molecule has 1 amide bonds. The Bertz CT molecular complexity index is 1410. The number of pyridine rings is 1. The molecule has 0 saturated carbocycles. The number of hydrogen-bond donors (Lipinski definition) is 2. The second kappa shape index (κ2) is 11.5. The number of carbonyl (C=O) groups excluding carboxylic acids is 1. The predicted octanol–water partition coefficient (Wildman–Crippen LogP) is 4.41. The van der Waals surface area contributed by atoms with Crippen LogP contribution in [0.4, 0.5) is 8.78 Å². The van der Waals surface area contributed by atoms with Gasteiger partial charge in [0.05, 0.1) is 0 Å². The molecular weight excluding hydrogens is 492 g/mol. The number of fused-ring (bicyclic) bond motifs is 1. The Hall–Kier alpha value is -4.12. The monoisotopic (exact) mass is 519 g/mol. The van der Waals surface area contributed by atoms with E-state index in [9.17, 15) is 13.6 Å². The van der Waals surface area contributed by atoms with Crippen LogP contribution in [0.2, 0.25) is 0 Å². The minimum atomic E-state index is -0.593. The maximum absolute atomic E-state index is 14.2. The van der Waals surface area contributed by atoms with E-state index >= 15 is 0 Å². The number of hydrazine groups is 1. The molecule has 4 aromatic rings. The van der Waals surface area contributed by atoms with E-state index in [1.165, 1.54) is 12.1 Å². The number of nitrogens with one attached hydrogen (secondary N) is 2. The summed E-state index contributed by atoms with van der Waals surface area (Å²) >= 11 is 0. The maximum atomic E-state index is 14.2. The minimum absolute atomic E-state index is 0.0883. The standard InChI is InChI=1S/C28H27F2N5O3/c1-19(24-12-9-22(29)18-25(24)30)34-14-16-35(17-15-34)28(36)21-7-10-23(11-8-21)37-32-33-38-26-6-2-4-20-5-3-13-31-27(20)26/h2-13,18-19,32-33H,14-17H2,1H3. The molecule has 1 aromatic heterocycles. The van der Waals surface area contributed by atoms with Gasteiger partial charge in [-0.25, -0.2) is 8.78 Å². The summed E-state index contributed by atoms with van der Waals surface area (Å²) in [7, 11) is 0. The quantitative estimate of drug-likeness (QED) is 0.264. The van der Waals surface area contributed by atoms with Gasteiger partial charge in [0, 0.05) is 61.0 Å². The number of benzene rings is 3. The highest BCUT2D eigenvalue weighted by Gasteiger charge is 2.26. The van der Waals surface area contributed by atoms with Crippen molar-refractivity contribution in [1.29, 1.82) is 0 Å². The van der Waals surface area contributed by atoms with Crippen LogP contribution in [0.3, 0.4) is 0 Å². The number of amides is 1. The maximum Gasteiger partial charge on any atom is 0.253 e. The Morgan fingerprint density at radius 1 is 0.921 bits per heavy atom. The van der Waals surface area contributed by atoms with Crippen molar-refractivity contribution < 1.29 is 23.3 Å². The molecule has 38 heavy (non-hydrogen) atoms. The molecule has 1 atom stereocenters. The fourth-order valence-electron chi connectivity index (χ4n) is 4.51. The third-order valence-electron chi connectivity index (χ3n) is 6.63. The number of carbonyl (C=O) groups is 1. The second-order valence-corrected chi connectivity index (χ2v) is 8.93. The average molecular weight is 520 g/mol. The lowest BCUT2D eigenvalue weighted by atomic mass is 10.0. The van der Waals surface area contributed by atoms with Gasteiger partial charge in [0.25, 0.3) is 5.91 Å². The van der Waals surface area contributed by atoms with Gasteiger partial charge in [-0.05, 0) is 49.4 Å². The highest BCUT2D eigenvalue weighted by molar-refractivity contribution is 5.94. The molecule has 1 saturated heterocycles. The smallest absolute Gasteiger partial charge is 0.253 e. The molecule has 1 unspecified atom stereocenters. The molecule has 8 nitrogen and oxygen atoms in total. The first-order valence-electron chi connectivity index (χ1n) is 12.3. The number of rotatable bonds is 8. The summed E-state index contributed by atoms with van der Waals surface area (Å²) in [6, 6.07) is 19.6. The molecule has 0 radical (unpaired) electrons. The summed E-state index contributed by atoms with van der Waals surface area (Å²) < 4.78 is 27.4. The summed E-state index contributed by atoms with van der Waals surface area (Å²) in [5.41, 5.74) is 6.74. The zero-order valence-corrected chi connectivity index (χ0v) is 20.7. The summed E-state index contributed by atoms with van der Waals surface area (Å²) in [5, 5.41) is 0.950. The molecule has 1 aliphatic heterocycles. The Kier molecular flexibility index (Phi) is 7.73. The fourth-order valence-corrected chi connectivity index (χ4v) is 4.51. The van der Waals surface area contributed by atoms with Crippen LogP contribution >= 0.6 is 0 Å². The lowest BCUT2D eigenvalue weighted by Gasteiger charge is -2.38. The van der Waals surface area contributed by atoms with Crippen molar-refractivity contribution in [3.8, 4) is 11.5 Å². The lowest BCUT2D eigenvalue weighted by Crippen LogP contribution is -2.49. The molecule has 196 valence electrons. The van der Waals surface area contributed by atoms with E-state index in [1.54, 1.807) is 41.4 Å². The van der Waals surface area contributed by atoms with Crippen molar-refractivity contribution >= 4 is 16.8 Å². The molecule has 0 aliphatic carbocycles. The molecule has 1 aliphatic rings. The van der Waals surface area contributed by atoms with Crippen LogP contribution in [0.15, 0.2) is 79.0 Å². The number of aromatic nitrogens is 1. The molecule has 2 N–H and O–H groups in total. The predicted molar refractivity (Wildman–Crippen MR) is 138 cm³/mol. The zero-order valence-electron chi connectivity index (χ0n) is 20.7.